The Balaban J connectivity index is 0.000000277. The minimum absolute atomic E-state index is 0.0231. The largest absolute Gasteiger partial charge is 0.411 e. The molecule has 2 rings (SSSR count). The van der Waals surface area contributed by atoms with Crippen LogP contribution in [-0.2, 0) is 17.6 Å². The molecule has 0 aliphatic heterocycles. The van der Waals surface area contributed by atoms with Gasteiger partial charge in [-0.05, 0) is 32.0 Å². The fourth-order valence-electron chi connectivity index (χ4n) is 1.54. The van der Waals surface area contributed by atoms with Gasteiger partial charge in [0.2, 0.25) is 0 Å². The van der Waals surface area contributed by atoms with Crippen LogP contribution in [0.2, 0.25) is 18.1 Å². The van der Waals surface area contributed by atoms with Gasteiger partial charge in [0.05, 0.1) is 37.3 Å². The third-order valence-corrected chi connectivity index (χ3v) is 8.87. The molecule has 130 valence electrons. The highest BCUT2D eigenvalue weighted by atomic mass is 28.4. The Morgan fingerprint density at radius 1 is 1.04 bits per heavy atom. The Hall–Kier alpha value is -1.44. The van der Waals surface area contributed by atoms with Crippen LogP contribution in [0.25, 0.3) is 0 Å². The number of H-pyrrole nitrogens is 2. The zero-order valence-corrected chi connectivity index (χ0v) is 16.3. The molecule has 7 heteroatoms. The second-order valence-corrected chi connectivity index (χ2v) is 12.0. The molecule has 2 aromatic rings. The normalized spacial score (nSPS) is 12.0. The predicted molar refractivity (Wildman–Crippen MR) is 94.6 cm³/mol. The molecule has 0 amide bonds. The molecule has 0 spiro atoms. The van der Waals surface area contributed by atoms with Crippen molar-refractivity contribution in [3.63, 3.8) is 0 Å². The quantitative estimate of drug-likeness (QED) is 0.745. The lowest BCUT2D eigenvalue weighted by molar-refractivity contribution is 0.272. The van der Waals surface area contributed by atoms with Crippen molar-refractivity contribution in [2.45, 2.75) is 66.0 Å². The summed E-state index contributed by atoms with van der Waals surface area (Å²) in [4.78, 5) is 14.0. The number of imidazole rings is 2. The number of aromatic amines is 2. The SMILES string of the molecule is Cc1[nH]cnc1CO.Cc1[nH]cnc1CO[Si](C)(C)C(C)(C)C. The summed E-state index contributed by atoms with van der Waals surface area (Å²) in [5, 5.41) is 8.79. The van der Waals surface area contributed by atoms with Gasteiger partial charge in [0.1, 0.15) is 0 Å². The van der Waals surface area contributed by atoms with E-state index >= 15 is 0 Å². The van der Waals surface area contributed by atoms with Crippen LogP contribution in [0.3, 0.4) is 0 Å². The fraction of sp³-hybridized carbons (Fsp3) is 0.625. The molecule has 0 aliphatic rings. The highest BCUT2D eigenvalue weighted by Gasteiger charge is 2.37. The van der Waals surface area contributed by atoms with Crippen LogP contribution in [0.1, 0.15) is 43.5 Å². The van der Waals surface area contributed by atoms with Crippen molar-refractivity contribution >= 4 is 8.32 Å². The number of rotatable bonds is 4. The zero-order chi connectivity index (χ0) is 17.7. The van der Waals surface area contributed by atoms with E-state index in [2.05, 4.69) is 53.8 Å². The lowest BCUT2D eigenvalue weighted by Crippen LogP contribution is -2.40. The minimum Gasteiger partial charge on any atom is -0.411 e. The number of aliphatic hydroxyl groups is 1. The average Bonchev–Trinajstić information content (AvgIpc) is 3.04. The summed E-state index contributed by atoms with van der Waals surface area (Å²) in [5.74, 6) is 0. The van der Waals surface area contributed by atoms with Crippen molar-refractivity contribution in [2.75, 3.05) is 0 Å². The Morgan fingerprint density at radius 3 is 1.83 bits per heavy atom. The van der Waals surface area contributed by atoms with Crippen molar-refractivity contribution in [2.24, 2.45) is 0 Å². The molecule has 0 bridgehead atoms. The van der Waals surface area contributed by atoms with Gasteiger partial charge in [0.25, 0.3) is 0 Å². The molecule has 3 N–H and O–H groups in total. The van der Waals surface area contributed by atoms with Crippen molar-refractivity contribution in [3.8, 4) is 0 Å². The maximum Gasteiger partial charge on any atom is 0.192 e. The number of aryl methyl sites for hydroxylation is 2. The minimum atomic E-state index is -1.64. The van der Waals surface area contributed by atoms with Gasteiger partial charge in [-0.15, -0.1) is 0 Å². The first-order valence-electron chi connectivity index (χ1n) is 7.81. The monoisotopic (exact) mass is 338 g/mol. The first kappa shape index (κ1) is 19.6. The maximum absolute atomic E-state index is 8.52. The van der Waals surface area contributed by atoms with Crippen LogP contribution in [0, 0.1) is 13.8 Å². The highest BCUT2D eigenvalue weighted by molar-refractivity contribution is 6.74. The first-order chi connectivity index (χ1) is 10.6. The van der Waals surface area contributed by atoms with Gasteiger partial charge in [0, 0.05) is 11.4 Å². The lowest BCUT2D eigenvalue weighted by Gasteiger charge is -2.35. The molecule has 0 aliphatic carbocycles. The van der Waals surface area contributed by atoms with Crippen molar-refractivity contribution in [3.05, 3.63) is 35.4 Å². The van der Waals surface area contributed by atoms with Crippen LogP contribution in [0.4, 0.5) is 0 Å². The summed E-state index contributed by atoms with van der Waals surface area (Å²) in [6.07, 6.45) is 3.29. The number of aromatic nitrogens is 4. The van der Waals surface area contributed by atoms with Gasteiger partial charge in [-0.1, -0.05) is 20.8 Å². The fourth-order valence-corrected chi connectivity index (χ4v) is 2.48. The predicted octanol–water partition coefficient (Wildman–Crippen LogP) is 3.45. The van der Waals surface area contributed by atoms with Crippen molar-refractivity contribution < 1.29 is 9.53 Å². The van der Waals surface area contributed by atoms with E-state index in [0.717, 1.165) is 22.8 Å². The molecule has 0 aromatic carbocycles. The smallest absolute Gasteiger partial charge is 0.192 e. The first-order valence-corrected chi connectivity index (χ1v) is 10.7. The molecule has 0 saturated heterocycles. The Labute approximate surface area is 139 Å². The average molecular weight is 339 g/mol. The number of nitrogens with zero attached hydrogens (tertiary/aromatic N) is 2. The van der Waals surface area contributed by atoms with E-state index < -0.39 is 8.32 Å². The molecular weight excluding hydrogens is 308 g/mol. The molecular formula is C16H30N4O2Si. The summed E-state index contributed by atoms with van der Waals surface area (Å²) in [6.45, 7) is 15.8. The van der Waals surface area contributed by atoms with Gasteiger partial charge in [0.15, 0.2) is 8.32 Å². The van der Waals surface area contributed by atoms with Crippen molar-refractivity contribution in [1.82, 2.24) is 19.9 Å². The molecule has 0 fully saturated rings. The van der Waals surface area contributed by atoms with E-state index in [1.54, 1.807) is 12.7 Å². The van der Waals surface area contributed by atoms with Crippen LogP contribution < -0.4 is 0 Å². The van der Waals surface area contributed by atoms with Gasteiger partial charge in [-0.25, -0.2) is 9.97 Å². The molecule has 0 saturated carbocycles. The van der Waals surface area contributed by atoms with Gasteiger partial charge in [-0.2, -0.15) is 0 Å². The Kier molecular flexibility index (Phi) is 6.73. The molecule has 0 radical (unpaired) electrons. The van der Waals surface area contributed by atoms with E-state index in [1.165, 1.54) is 0 Å². The van der Waals surface area contributed by atoms with Gasteiger partial charge >= 0.3 is 0 Å². The summed E-state index contributed by atoms with van der Waals surface area (Å²) in [5.41, 5.74) is 3.80. The van der Waals surface area contributed by atoms with Crippen molar-refractivity contribution in [1.29, 1.82) is 0 Å². The van der Waals surface area contributed by atoms with E-state index in [4.69, 9.17) is 9.53 Å². The molecule has 0 atom stereocenters. The molecule has 6 nitrogen and oxygen atoms in total. The number of hydrogen-bond donors (Lipinski definition) is 3. The second-order valence-electron chi connectivity index (χ2n) is 7.16. The maximum atomic E-state index is 8.52. The zero-order valence-electron chi connectivity index (χ0n) is 15.3. The summed E-state index contributed by atoms with van der Waals surface area (Å²) >= 11 is 0. The van der Waals surface area contributed by atoms with Gasteiger partial charge in [-0.3, -0.25) is 0 Å². The third kappa shape index (κ3) is 5.60. The van der Waals surface area contributed by atoms with E-state index in [1.807, 2.05) is 13.8 Å². The number of nitrogens with one attached hydrogen (secondary N) is 2. The van der Waals surface area contributed by atoms with E-state index in [-0.39, 0.29) is 11.6 Å². The van der Waals surface area contributed by atoms with E-state index in [9.17, 15) is 0 Å². The second kappa shape index (κ2) is 7.90. The topological polar surface area (TPSA) is 86.8 Å². The molecule has 2 aromatic heterocycles. The van der Waals surface area contributed by atoms with Crippen LogP contribution in [0.5, 0.6) is 0 Å². The van der Waals surface area contributed by atoms with Gasteiger partial charge < -0.3 is 19.5 Å². The van der Waals surface area contributed by atoms with Crippen LogP contribution >= 0.6 is 0 Å². The lowest BCUT2D eigenvalue weighted by atomic mass is 10.2. The molecule has 23 heavy (non-hydrogen) atoms. The van der Waals surface area contributed by atoms with Crippen LogP contribution in [-0.4, -0.2) is 33.4 Å². The number of hydrogen-bond acceptors (Lipinski definition) is 4. The summed E-state index contributed by atoms with van der Waals surface area (Å²) in [6, 6.07) is 0. The highest BCUT2D eigenvalue weighted by Crippen LogP contribution is 2.37. The third-order valence-electron chi connectivity index (χ3n) is 4.39. The summed E-state index contributed by atoms with van der Waals surface area (Å²) in [7, 11) is -1.64. The van der Waals surface area contributed by atoms with E-state index in [0.29, 0.717) is 6.61 Å². The van der Waals surface area contributed by atoms with Crippen LogP contribution in [0.15, 0.2) is 12.7 Å². The standard InChI is InChI=1S/C11H22N2OSi.C5H8N2O/c1-9-10(13-8-12-9)7-14-15(5,6)11(2,3)4;1-4-5(2-8)7-3-6-4/h8H,7H2,1-6H3,(H,12,13);3,8H,2H2,1H3,(H,6,7). The molecule has 2 heterocycles. The Morgan fingerprint density at radius 2 is 1.52 bits per heavy atom. The molecule has 0 unspecified atom stereocenters. The number of aliphatic hydroxyl groups excluding tert-OH is 1. The summed E-state index contributed by atoms with van der Waals surface area (Å²) < 4.78 is 6.08. The Bertz CT molecular complexity index is 599.